The van der Waals surface area contributed by atoms with Gasteiger partial charge in [-0.3, -0.25) is 9.59 Å². The van der Waals surface area contributed by atoms with E-state index in [9.17, 15) is 9.59 Å². The predicted molar refractivity (Wildman–Crippen MR) is 74.2 cm³/mol. The molecule has 2 rings (SSSR count). The number of hydrogen-bond acceptors (Lipinski definition) is 5. The van der Waals surface area contributed by atoms with E-state index in [0.717, 1.165) is 0 Å². The number of nitrogens with one attached hydrogen (secondary N) is 2. The van der Waals surface area contributed by atoms with Crippen LogP contribution in [0.2, 0.25) is 0 Å². The molecule has 0 aliphatic heterocycles. The molecule has 2 aromatic rings. The fourth-order valence-electron chi connectivity index (χ4n) is 1.47. The summed E-state index contributed by atoms with van der Waals surface area (Å²) in [4.78, 5) is 26.9. The van der Waals surface area contributed by atoms with E-state index in [4.69, 9.17) is 5.73 Å². The normalized spacial score (nSPS) is 9.89. The molecule has 0 aliphatic rings. The fourth-order valence-corrected chi connectivity index (χ4v) is 2.00. The molecular weight excluding hydrogens is 264 g/mol. The van der Waals surface area contributed by atoms with Crippen molar-refractivity contribution >= 4 is 34.0 Å². The van der Waals surface area contributed by atoms with Gasteiger partial charge in [-0.15, -0.1) is 11.3 Å². The second-order valence-electron chi connectivity index (χ2n) is 3.65. The van der Waals surface area contributed by atoms with Gasteiger partial charge in [0.15, 0.2) is 5.13 Å². The Bertz CT molecular complexity index is 583. The zero-order valence-electron chi connectivity index (χ0n) is 9.92. The molecule has 1 aromatic heterocycles. The monoisotopic (exact) mass is 276 g/mol. The second kappa shape index (κ2) is 5.96. The third kappa shape index (κ3) is 3.52. The van der Waals surface area contributed by atoms with E-state index in [1.54, 1.807) is 30.5 Å². The molecule has 0 radical (unpaired) electrons. The molecule has 7 heteroatoms. The zero-order valence-corrected chi connectivity index (χ0v) is 10.7. The number of benzene rings is 1. The van der Waals surface area contributed by atoms with Crippen molar-refractivity contribution in [3.05, 3.63) is 41.4 Å². The SMILES string of the molecule is NC(=O)c1ccccc1NC(=O)CNc1nccs1. The van der Waals surface area contributed by atoms with E-state index in [0.29, 0.717) is 10.8 Å². The first-order valence-corrected chi connectivity index (χ1v) is 6.37. The summed E-state index contributed by atoms with van der Waals surface area (Å²) < 4.78 is 0. The van der Waals surface area contributed by atoms with Crippen molar-refractivity contribution in [1.29, 1.82) is 0 Å². The minimum atomic E-state index is -0.580. The van der Waals surface area contributed by atoms with Crippen LogP contribution in [-0.2, 0) is 4.79 Å². The van der Waals surface area contributed by atoms with Crippen molar-refractivity contribution in [2.75, 3.05) is 17.2 Å². The first-order valence-electron chi connectivity index (χ1n) is 5.49. The second-order valence-corrected chi connectivity index (χ2v) is 4.54. The molecule has 0 fully saturated rings. The molecule has 0 aliphatic carbocycles. The molecule has 0 saturated heterocycles. The number of nitrogens with two attached hydrogens (primary N) is 1. The predicted octanol–water partition coefficient (Wildman–Crippen LogP) is 1.29. The Morgan fingerprint density at radius 2 is 2.11 bits per heavy atom. The summed E-state index contributed by atoms with van der Waals surface area (Å²) in [5.74, 6) is -0.854. The number of carbonyl (C=O) groups excluding carboxylic acids is 2. The number of amides is 2. The van der Waals surface area contributed by atoms with Crippen molar-refractivity contribution in [3.8, 4) is 0 Å². The van der Waals surface area contributed by atoms with Crippen LogP contribution < -0.4 is 16.4 Å². The lowest BCUT2D eigenvalue weighted by Gasteiger charge is -2.08. The van der Waals surface area contributed by atoms with Gasteiger partial charge in [-0.2, -0.15) is 0 Å². The van der Waals surface area contributed by atoms with E-state index < -0.39 is 5.91 Å². The molecular formula is C12H12N4O2S. The Balaban J connectivity index is 1.97. The Morgan fingerprint density at radius 1 is 1.32 bits per heavy atom. The molecule has 0 atom stereocenters. The van der Waals surface area contributed by atoms with Crippen LogP contribution in [0.5, 0.6) is 0 Å². The van der Waals surface area contributed by atoms with Gasteiger partial charge >= 0.3 is 0 Å². The van der Waals surface area contributed by atoms with Crippen molar-refractivity contribution in [3.63, 3.8) is 0 Å². The number of hydrogen-bond donors (Lipinski definition) is 3. The molecule has 0 bridgehead atoms. The highest BCUT2D eigenvalue weighted by molar-refractivity contribution is 7.13. The van der Waals surface area contributed by atoms with Crippen LogP contribution in [0, 0.1) is 0 Å². The van der Waals surface area contributed by atoms with Crippen LogP contribution in [-0.4, -0.2) is 23.3 Å². The van der Waals surface area contributed by atoms with Crippen molar-refractivity contribution in [2.45, 2.75) is 0 Å². The van der Waals surface area contributed by atoms with Gasteiger partial charge < -0.3 is 16.4 Å². The van der Waals surface area contributed by atoms with Crippen molar-refractivity contribution in [1.82, 2.24) is 4.98 Å². The van der Waals surface area contributed by atoms with Crippen LogP contribution in [0.15, 0.2) is 35.8 Å². The van der Waals surface area contributed by atoms with Gasteiger partial charge in [0.1, 0.15) is 0 Å². The summed E-state index contributed by atoms with van der Waals surface area (Å²) in [6, 6.07) is 6.59. The van der Waals surface area contributed by atoms with Gasteiger partial charge in [-0.05, 0) is 12.1 Å². The number of thiazole rings is 1. The van der Waals surface area contributed by atoms with E-state index in [-0.39, 0.29) is 18.0 Å². The summed E-state index contributed by atoms with van der Waals surface area (Å²) in [6.45, 7) is 0.0700. The number of carbonyl (C=O) groups is 2. The quantitative estimate of drug-likeness (QED) is 0.766. The molecule has 6 nitrogen and oxygen atoms in total. The molecule has 98 valence electrons. The highest BCUT2D eigenvalue weighted by Crippen LogP contribution is 2.14. The van der Waals surface area contributed by atoms with Gasteiger partial charge in [0, 0.05) is 11.6 Å². The molecule has 2 amide bonds. The third-order valence-electron chi connectivity index (χ3n) is 2.30. The number of rotatable bonds is 5. The van der Waals surface area contributed by atoms with Gasteiger partial charge in [0.2, 0.25) is 5.91 Å². The third-order valence-corrected chi connectivity index (χ3v) is 3.03. The van der Waals surface area contributed by atoms with Crippen molar-refractivity contribution < 1.29 is 9.59 Å². The lowest BCUT2D eigenvalue weighted by atomic mass is 10.1. The molecule has 19 heavy (non-hydrogen) atoms. The smallest absolute Gasteiger partial charge is 0.250 e. The minimum Gasteiger partial charge on any atom is -0.366 e. The zero-order chi connectivity index (χ0) is 13.7. The Labute approximate surface area is 113 Å². The van der Waals surface area contributed by atoms with Gasteiger partial charge in [-0.25, -0.2) is 4.98 Å². The molecule has 1 heterocycles. The molecule has 4 N–H and O–H groups in total. The largest absolute Gasteiger partial charge is 0.366 e. The fraction of sp³-hybridized carbons (Fsp3) is 0.0833. The van der Waals surface area contributed by atoms with Gasteiger partial charge in [0.05, 0.1) is 17.8 Å². The minimum absolute atomic E-state index is 0.0700. The number of para-hydroxylation sites is 1. The molecule has 1 aromatic carbocycles. The molecule has 0 saturated carbocycles. The highest BCUT2D eigenvalue weighted by Gasteiger charge is 2.10. The van der Waals surface area contributed by atoms with E-state index in [2.05, 4.69) is 15.6 Å². The van der Waals surface area contributed by atoms with Crippen LogP contribution in [0.3, 0.4) is 0 Å². The lowest BCUT2D eigenvalue weighted by Crippen LogP contribution is -2.23. The number of primary amides is 1. The average molecular weight is 276 g/mol. The van der Waals surface area contributed by atoms with Gasteiger partial charge in [-0.1, -0.05) is 12.1 Å². The average Bonchev–Trinajstić information content (AvgIpc) is 2.90. The Morgan fingerprint density at radius 3 is 2.79 bits per heavy atom. The first kappa shape index (κ1) is 13.0. The van der Waals surface area contributed by atoms with Crippen molar-refractivity contribution in [2.24, 2.45) is 5.73 Å². The maximum atomic E-state index is 11.7. The number of anilines is 2. The van der Waals surface area contributed by atoms with Crippen LogP contribution in [0.4, 0.5) is 10.8 Å². The Kier molecular flexibility index (Phi) is 4.09. The lowest BCUT2D eigenvalue weighted by molar-refractivity contribution is -0.114. The van der Waals surface area contributed by atoms with E-state index in [1.165, 1.54) is 11.3 Å². The summed E-state index contributed by atoms with van der Waals surface area (Å²) >= 11 is 1.40. The van der Waals surface area contributed by atoms with Crippen LogP contribution >= 0.6 is 11.3 Å². The number of nitrogens with zero attached hydrogens (tertiary/aromatic N) is 1. The molecule has 0 unspecified atom stereocenters. The summed E-state index contributed by atoms with van der Waals surface area (Å²) in [6.07, 6.45) is 1.65. The summed E-state index contributed by atoms with van der Waals surface area (Å²) in [5, 5.41) is 7.97. The summed E-state index contributed by atoms with van der Waals surface area (Å²) in [5.41, 5.74) is 5.91. The van der Waals surface area contributed by atoms with Crippen LogP contribution in [0.1, 0.15) is 10.4 Å². The Hall–Kier alpha value is -2.41. The highest BCUT2D eigenvalue weighted by atomic mass is 32.1. The molecule has 0 spiro atoms. The maximum Gasteiger partial charge on any atom is 0.250 e. The number of aromatic nitrogens is 1. The van der Waals surface area contributed by atoms with E-state index in [1.807, 2.05) is 5.38 Å². The maximum absolute atomic E-state index is 11.7. The first-order chi connectivity index (χ1) is 9.16. The summed E-state index contributed by atoms with van der Waals surface area (Å²) in [7, 11) is 0. The van der Waals surface area contributed by atoms with E-state index >= 15 is 0 Å². The van der Waals surface area contributed by atoms with Crippen LogP contribution in [0.25, 0.3) is 0 Å². The van der Waals surface area contributed by atoms with Gasteiger partial charge in [0.25, 0.3) is 5.91 Å². The standard InChI is InChI=1S/C12H12N4O2S/c13-11(18)8-3-1-2-4-9(8)16-10(17)7-15-12-14-5-6-19-12/h1-6H,7H2,(H2,13,18)(H,14,15)(H,16,17). The topological polar surface area (TPSA) is 97.1 Å².